The summed E-state index contributed by atoms with van der Waals surface area (Å²) in [4.78, 5) is 10.8. The number of ether oxygens (including phenoxy) is 1. The molecule has 0 aliphatic heterocycles. The van der Waals surface area contributed by atoms with Crippen molar-refractivity contribution < 1.29 is 14.6 Å². The van der Waals surface area contributed by atoms with E-state index in [-0.39, 0.29) is 17.4 Å². The van der Waals surface area contributed by atoms with Crippen molar-refractivity contribution in [3.63, 3.8) is 0 Å². The number of carbonyl (C=O) groups is 1. The van der Waals surface area contributed by atoms with Crippen LogP contribution in [0.15, 0.2) is 0 Å². The van der Waals surface area contributed by atoms with E-state index in [1.165, 1.54) is 0 Å². The summed E-state index contributed by atoms with van der Waals surface area (Å²) in [6.45, 7) is 8.65. The first-order valence-electron chi connectivity index (χ1n) is 4.71. The zero-order valence-corrected chi connectivity index (χ0v) is 8.70. The third kappa shape index (κ3) is 2.02. The second kappa shape index (κ2) is 3.29. The van der Waals surface area contributed by atoms with Gasteiger partial charge in [-0.25, -0.2) is 0 Å². The van der Waals surface area contributed by atoms with Gasteiger partial charge in [0.1, 0.15) is 0 Å². The number of carboxylic acid groups (broad SMARTS) is 1. The molecule has 1 N–H and O–H groups in total. The van der Waals surface area contributed by atoms with E-state index in [1.54, 1.807) is 0 Å². The van der Waals surface area contributed by atoms with Gasteiger partial charge in [0.05, 0.1) is 12.0 Å². The Bertz CT molecular complexity index is 208. The van der Waals surface area contributed by atoms with E-state index in [0.29, 0.717) is 12.5 Å². The molecule has 0 aromatic rings. The van der Waals surface area contributed by atoms with Crippen molar-refractivity contribution in [1.82, 2.24) is 0 Å². The number of rotatable bonds is 4. The SMILES string of the molecule is CC(C)COC1C(C(=O)O)C1(C)C. The minimum atomic E-state index is -0.737. The molecule has 1 aliphatic rings. The van der Waals surface area contributed by atoms with Crippen LogP contribution in [0, 0.1) is 17.3 Å². The summed E-state index contributed by atoms with van der Waals surface area (Å²) >= 11 is 0. The van der Waals surface area contributed by atoms with Gasteiger partial charge in [0, 0.05) is 12.0 Å². The average molecular weight is 186 g/mol. The second-order valence-corrected chi connectivity index (χ2v) is 4.79. The van der Waals surface area contributed by atoms with Crippen molar-refractivity contribution in [3.8, 4) is 0 Å². The molecular weight excluding hydrogens is 168 g/mol. The average Bonchev–Trinajstić information content (AvgIpc) is 2.48. The summed E-state index contributed by atoms with van der Waals surface area (Å²) in [7, 11) is 0. The fraction of sp³-hybridized carbons (Fsp3) is 0.900. The van der Waals surface area contributed by atoms with Crippen molar-refractivity contribution in [1.29, 1.82) is 0 Å². The first-order chi connectivity index (χ1) is 5.87. The van der Waals surface area contributed by atoms with Gasteiger partial charge < -0.3 is 9.84 Å². The predicted octanol–water partition coefficient (Wildman–Crippen LogP) is 1.77. The molecule has 1 saturated carbocycles. The van der Waals surface area contributed by atoms with E-state index in [2.05, 4.69) is 13.8 Å². The molecule has 0 aromatic heterocycles. The van der Waals surface area contributed by atoms with Crippen LogP contribution in [-0.2, 0) is 9.53 Å². The molecule has 1 rings (SSSR count). The molecule has 76 valence electrons. The molecule has 13 heavy (non-hydrogen) atoms. The standard InChI is InChI=1S/C10H18O3/c1-6(2)5-13-8-7(9(11)12)10(8,3)4/h6-8H,5H2,1-4H3,(H,11,12). The molecule has 0 heterocycles. The van der Waals surface area contributed by atoms with Gasteiger partial charge in [-0.2, -0.15) is 0 Å². The lowest BCUT2D eigenvalue weighted by molar-refractivity contribution is -0.140. The van der Waals surface area contributed by atoms with Crippen LogP contribution >= 0.6 is 0 Å². The molecule has 2 atom stereocenters. The van der Waals surface area contributed by atoms with Gasteiger partial charge in [0.2, 0.25) is 0 Å². The monoisotopic (exact) mass is 186 g/mol. The van der Waals surface area contributed by atoms with Crippen LogP contribution in [0.3, 0.4) is 0 Å². The minimum Gasteiger partial charge on any atom is -0.481 e. The van der Waals surface area contributed by atoms with Crippen LogP contribution in [0.1, 0.15) is 27.7 Å². The van der Waals surface area contributed by atoms with Gasteiger partial charge in [-0.05, 0) is 5.92 Å². The Morgan fingerprint density at radius 2 is 2.08 bits per heavy atom. The maximum absolute atomic E-state index is 10.8. The van der Waals surface area contributed by atoms with Crippen LogP contribution in [-0.4, -0.2) is 23.8 Å². The minimum absolute atomic E-state index is 0.0904. The van der Waals surface area contributed by atoms with Gasteiger partial charge in [-0.3, -0.25) is 4.79 Å². The summed E-state index contributed by atoms with van der Waals surface area (Å²) in [5.74, 6) is -0.587. The molecule has 3 heteroatoms. The highest BCUT2D eigenvalue weighted by Crippen LogP contribution is 2.54. The van der Waals surface area contributed by atoms with Crippen LogP contribution < -0.4 is 0 Å². The van der Waals surface area contributed by atoms with E-state index >= 15 is 0 Å². The second-order valence-electron chi connectivity index (χ2n) is 4.79. The lowest BCUT2D eigenvalue weighted by Gasteiger charge is -2.07. The number of hydrogen-bond acceptors (Lipinski definition) is 2. The molecular formula is C10H18O3. The molecule has 0 saturated heterocycles. The molecule has 0 bridgehead atoms. The normalized spacial score (nSPS) is 30.5. The Labute approximate surface area is 79.1 Å². The fourth-order valence-electron chi connectivity index (χ4n) is 1.65. The first-order valence-corrected chi connectivity index (χ1v) is 4.71. The Hall–Kier alpha value is -0.570. The summed E-state index contributed by atoms with van der Waals surface area (Å²) in [5.41, 5.74) is -0.180. The van der Waals surface area contributed by atoms with Crippen LogP contribution in [0.25, 0.3) is 0 Å². The number of carboxylic acids is 1. The van der Waals surface area contributed by atoms with E-state index in [1.807, 2.05) is 13.8 Å². The quantitative estimate of drug-likeness (QED) is 0.727. The van der Waals surface area contributed by atoms with Crippen molar-refractivity contribution in [2.24, 2.45) is 17.3 Å². The van der Waals surface area contributed by atoms with Crippen LogP contribution in [0.5, 0.6) is 0 Å². The summed E-state index contributed by atoms with van der Waals surface area (Å²) < 4.78 is 5.52. The molecule has 2 unspecified atom stereocenters. The Balaban J connectivity index is 2.42. The van der Waals surface area contributed by atoms with Gasteiger partial charge in [0.25, 0.3) is 0 Å². The molecule has 0 radical (unpaired) electrons. The Morgan fingerprint density at radius 1 is 1.54 bits per heavy atom. The zero-order chi connectivity index (χ0) is 10.2. The molecule has 0 amide bonds. The summed E-state index contributed by atoms with van der Waals surface area (Å²) in [6.07, 6.45) is -0.0904. The van der Waals surface area contributed by atoms with Crippen molar-refractivity contribution in [2.45, 2.75) is 33.8 Å². The number of hydrogen-bond donors (Lipinski definition) is 1. The highest BCUT2D eigenvalue weighted by atomic mass is 16.5. The van der Waals surface area contributed by atoms with E-state index in [4.69, 9.17) is 9.84 Å². The van der Waals surface area contributed by atoms with E-state index < -0.39 is 5.97 Å². The van der Waals surface area contributed by atoms with Gasteiger partial charge in [-0.1, -0.05) is 27.7 Å². The molecule has 1 aliphatic carbocycles. The molecule has 0 aromatic carbocycles. The molecule has 3 nitrogen and oxygen atoms in total. The highest BCUT2D eigenvalue weighted by molar-refractivity contribution is 5.76. The fourth-order valence-corrected chi connectivity index (χ4v) is 1.65. The Kier molecular flexibility index (Phi) is 2.66. The smallest absolute Gasteiger partial charge is 0.309 e. The maximum atomic E-state index is 10.8. The van der Waals surface area contributed by atoms with Crippen molar-refractivity contribution >= 4 is 5.97 Å². The lowest BCUT2D eigenvalue weighted by Crippen LogP contribution is -2.09. The maximum Gasteiger partial charge on any atom is 0.309 e. The lowest BCUT2D eigenvalue weighted by atomic mass is 10.1. The van der Waals surface area contributed by atoms with Gasteiger partial charge in [0.15, 0.2) is 0 Å². The zero-order valence-electron chi connectivity index (χ0n) is 8.70. The predicted molar refractivity (Wildman–Crippen MR) is 49.5 cm³/mol. The topological polar surface area (TPSA) is 46.5 Å². The third-order valence-electron chi connectivity index (χ3n) is 2.60. The highest BCUT2D eigenvalue weighted by Gasteiger charge is 2.63. The first kappa shape index (κ1) is 10.5. The molecule has 1 fully saturated rings. The van der Waals surface area contributed by atoms with Gasteiger partial charge >= 0.3 is 5.97 Å². The van der Waals surface area contributed by atoms with Crippen molar-refractivity contribution in [2.75, 3.05) is 6.61 Å². The van der Waals surface area contributed by atoms with E-state index in [9.17, 15) is 4.79 Å². The number of aliphatic carboxylic acids is 1. The third-order valence-corrected chi connectivity index (χ3v) is 2.60. The largest absolute Gasteiger partial charge is 0.481 e. The summed E-state index contributed by atoms with van der Waals surface area (Å²) in [5, 5.41) is 8.84. The Morgan fingerprint density at radius 3 is 2.38 bits per heavy atom. The molecule has 0 spiro atoms. The van der Waals surface area contributed by atoms with Crippen molar-refractivity contribution in [3.05, 3.63) is 0 Å². The van der Waals surface area contributed by atoms with Crippen LogP contribution in [0.2, 0.25) is 0 Å². The summed E-state index contributed by atoms with van der Waals surface area (Å²) in [6, 6.07) is 0. The van der Waals surface area contributed by atoms with Gasteiger partial charge in [-0.15, -0.1) is 0 Å². The van der Waals surface area contributed by atoms with E-state index in [0.717, 1.165) is 0 Å². The van der Waals surface area contributed by atoms with Crippen LogP contribution in [0.4, 0.5) is 0 Å².